The van der Waals surface area contributed by atoms with Gasteiger partial charge in [0.2, 0.25) is 5.91 Å². The van der Waals surface area contributed by atoms with Gasteiger partial charge in [-0.05, 0) is 55.7 Å². The largest absolute Gasteiger partial charge is 0.465 e. The Hall–Kier alpha value is -2.35. The van der Waals surface area contributed by atoms with Crippen LogP contribution in [0.3, 0.4) is 0 Å². The van der Waals surface area contributed by atoms with E-state index in [0.29, 0.717) is 40.1 Å². The number of thioether (sulfide) groups is 1. The SMILES string of the molecule is COC(=O)c1ccc2c(=O)n(CC(C)C)c(SCC(=O)N3CCC[C@H]4CCCC[C@@H]43)nc2c1. The summed E-state index contributed by atoms with van der Waals surface area (Å²) in [5.74, 6) is 0.801. The molecule has 2 aromatic rings. The molecule has 0 spiro atoms. The first-order chi connectivity index (χ1) is 15.9. The first-order valence-electron chi connectivity index (χ1n) is 11.9. The van der Waals surface area contributed by atoms with Crippen LogP contribution in [0.1, 0.15) is 62.7 Å². The van der Waals surface area contributed by atoms with Crippen molar-refractivity contribution in [3.05, 3.63) is 34.1 Å². The van der Waals surface area contributed by atoms with Crippen molar-refractivity contribution in [2.75, 3.05) is 19.4 Å². The lowest BCUT2D eigenvalue weighted by atomic mass is 9.78. The van der Waals surface area contributed by atoms with Gasteiger partial charge >= 0.3 is 5.97 Å². The van der Waals surface area contributed by atoms with Crippen LogP contribution in [0, 0.1) is 11.8 Å². The van der Waals surface area contributed by atoms with Crippen LogP contribution >= 0.6 is 11.8 Å². The zero-order chi connectivity index (χ0) is 23.5. The second-order valence-electron chi connectivity index (χ2n) is 9.56. The van der Waals surface area contributed by atoms with Gasteiger partial charge in [-0.1, -0.05) is 38.5 Å². The molecule has 1 amide bonds. The lowest BCUT2D eigenvalue weighted by molar-refractivity contribution is -0.134. The molecule has 2 fully saturated rings. The van der Waals surface area contributed by atoms with Crippen molar-refractivity contribution >= 4 is 34.5 Å². The van der Waals surface area contributed by atoms with Gasteiger partial charge in [-0.2, -0.15) is 0 Å². The van der Waals surface area contributed by atoms with Crippen LogP contribution in [0.5, 0.6) is 0 Å². The third-order valence-corrected chi connectivity index (χ3v) is 7.74. The molecule has 1 saturated heterocycles. The lowest BCUT2D eigenvalue weighted by Crippen LogP contribution is -2.50. The van der Waals surface area contributed by atoms with E-state index in [4.69, 9.17) is 9.72 Å². The van der Waals surface area contributed by atoms with E-state index in [0.717, 1.165) is 19.4 Å². The smallest absolute Gasteiger partial charge is 0.337 e. The van der Waals surface area contributed by atoms with Crippen molar-refractivity contribution in [2.24, 2.45) is 11.8 Å². The molecule has 0 unspecified atom stereocenters. The second-order valence-corrected chi connectivity index (χ2v) is 10.5. The summed E-state index contributed by atoms with van der Waals surface area (Å²) in [6.07, 6.45) is 7.09. The van der Waals surface area contributed by atoms with Crippen molar-refractivity contribution in [3.63, 3.8) is 0 Å². The van der Waals surface area contributed by atoms with Crippen molar-refractivity contribution in [1.29, 1.82) is 0 Å². The molecule has 33 heavy (non-hydrogen) atoms. The number of carbonyl (C=O) groups excluding carboxylic acids is 2. The molecule has 1 aliphatic heterocycles. The number of carbonyl (C=O) groups is 2. The first kappa shape index (κ1) is 23.8. The van der Waals surface area contributed by atoms with E-state index >= 15 is 0 Å². The average Bonchev–Trinajstić information content (AvgIpc) is 2.83. The van der Waals surface area contributed by atoms with Crippen LogP contribution in [-0.4, -0.2) is 51.8 Å². The molecule has 0 N–H and O–H groups in total. The standard InChI is InChI=1S/C25H33N3O4S/c1-16(2)14-28-23(30)19-11-10-18(24(31)32-3)13-20(19)26-25(28)33-15-22(29)27-12-6-8-17-7-4-5-9-21(17)27/h10-11,13,16-17,21H,4-9,12,14-15H2,1-3H3/t17-,21+/m1/s1. The summed E-state index contributed by atoms with van der Waals surface area (Å²) >= 11 is 1.32. The van der Waals surface area contributed by atoms with Crippen LogP contribution in [0.15, 0.2) is 28.2 Å². The number of fused-ring (bicyclic) bond motifs is 2. The minimum absolute atomic E-state index is 0.130. The summed E-state index contributed by atoms with van der Waals surface area (Å²) in [5.41, 5.74) is 0.649. The molecule has 2 aliphatic rings. The van der Waals surface area contributed by atoms with Crippen molar-refractivity contribution in [2.45, 2.75) is 70.1 Å². The Kier molecular flexibility index (Phi) is 7.41. The lowest BCUT2D eigenvalue weighted by Gasteiger charge is -2.44. The number of aromatic nitrogens is 2. The van der Waals surface area contributed by atoms with Crippen molar-refractivity contribution in [3.8, 4) is 0 Å². The topological polar surface area (TPSA) is 81.5 Å². The molecule has 1 saturated carbocycles. The fourth-order valence-electron chi connectivity index (χ4n) is 5.23. The highest BCUT2D eigenvalue weighted by atomic mass is 32.2. The number of nitrogens with zero attached hydrogens (tertiary/aromatic N) is 3. The number of rotatable bonds is 6. The molecule has 178 valence electrons. The van der Waals surface area contributed by atoms with Crippen LogP contribution in [0.2, 0.25) is 0 Å². The van der Waals surface area contributed by atoms with Gasteiger partial charge in [0, 0.05) is 19.1 Å². The van der Waals surface area contributed by atoms with Crippen LogP contribution in [0.25, 0.3) is 10.9 Å². The van der Waals surface area contributed by atoms with E-state index in [2.05, 4.69) is 4.90 Å². The summed E-state index contributed by atoms with van der Waals surface area (Å²) in [4.78, 5) is 45.2. The maximum Gasteiger partial charge on any atom is 0.337 e. The highest BCUT2D eigenvalue weighted by molar-refractivity contribution is 7.99. The summed E-state index contributed by atoms with van der Waals surface area (Å²) in [5, 5.41) is 0.980. The second kappa shape index (κ2) is 10.3. The number of methoxy groups -OCH3 is 1. The Bertz CT molecular complexity index is 1090. The zero-order valence-corrected chi connectivity index (χ0v) is 20.5. The number of esters is 1. The molecular weight excluding hydrogens is 438 g/mol. The van der Waals surface area contributed by atoms with Crippen LogP contribution in [-0.2, 0) is 16.1 Å². The molecule has 0 bridgehead atoms. The van der Waals surface area contributed by atoms with Gasteiger partial charge in [-0.3, -0.25) is 14.2 Å². The molecule has 1 aromatic carbocycles. The predicted octanol–water partition coefficient (Wildman–Crippen LogP) is 4.11. The third-order valence-electron chi connectivity index (χ3n) is 6.78. The van der Waals surface area contributed by atoms with Crippen LogP contribution in [0.4, 0.5) is 0 Å². The molecule has 8 heteroatoms. The molecule has 2 heterocycles. The summed E-state index contributed by atoms with van der Waals surface area (Å²) < 4.78 is 6.48. The maximum absolute atomic E-state index is 13.3. The predicted molar refractivity (Wildman–Crippen MR) is 130 cm³/mol. The molecule has 1 aliphatic carbocycles. The minimum Gasteiger partial charge on any atom is -0.465 e. The van der Waals surface area contributed by atoms with E-state index in [9.17, 15) is 14.4 Å². The molecule has 2 atom stereocenters. The van der Waals surface area contributed by atoms with Crippen molar-refractivity contribution in [1.82, 2.24) is 14.5 Å². The van der Waals surface area contributed by atoms with E-state index in [-0.39, 0.29) is 23.1 Å². The van der Waals surface area contributed by atoms with E-state index in [1.807, 2.05) is 13.8 Å². The number of likely N-dealkylation sites (tertiary alicyclic amines) is 1. The number of ether oxygens (including phenoxy) is 1. The van der Waals surface area contributed by atoms with E-state index < -0.39 is 5.97 Å². The zero-order valence-electron chi connectivity index (χ0n) is 19.7. The first-order valence-corrected chi connectivity index (χ1v) is 12.9. The van der Waals surface area contributed by atoms with Gasteiger partial charge < -0.3 is 9.64 Å². The summed E-state index contributed by atoms with van der Waals surface area (Å²) in [6, 6.07) is 5.17. The van der Waals surface area contributed by atoms with Gasteiger partial charge in [0.15, 0.2) is 5.16 Å². The molecule has 4 rings (SSSR count). The van der Waals surface area contributed by atoms with Gasteiger partial charge in [-0.15, -0.1) is 0 Å². The maximum atomic E-state index is 13.3. The Morgan fingerprint density at radius 1 is 1.18 bits per heavy atom. The quantitative estimate of drug-likeness (QED) is 0.358. The Balaban J connectivity index is 1.61. The Morgan fingerprint density at radius 3 is 2.70 bits per heavy atom. The highest BCUT2D eigenvalue weighted by Crippen LogP contribution is 2.35. The monoisotopic (exact) mass is 471 g/mol. The molecular formula is C25H33N3O4S. The minimum atomic E-state index is -0.471. The van der Waals surface area contributed by atoms with Crippen LogP contribution < -0.4 is 5.56 Å². The van der Waals surface area contributed by atoms with Gasteiger partial charge in [0.1, 0.15) is 0 Å². The number of hydrogen-bond acceptors (Lipinski definition) is 6. The highest BCUT2D eigenvalue weighted by Gasteiger charge is 2.35. The number of piperidine rings is 1. The number of amides is 1. The van der Waals surface area contributed by atoms with E-state index in [1.165, 1.54) is 44.6 Å². The molecule has 1 aromatic heterocycles. The summed E-state index contributed by atoms with van der Waals surface area (Å²) in [7, 11) is 1.32. The van der Waals surface area contributed by atoms with Gasteiger partial charge in [0.25, 0.3) is 5.56 Å². The average molecular weight is 472 g/mol. The fraction of sp³-hybridized carbons (Fsp3) is 0.600. The third kappa shape index (κ3) is 5.10. The van der Waals surface area contributed by atoms with Gasteiger partial charge in [-0.25, -0.2) is 9.78 Å². The number of benzene rings is 1. The normalized spacial score (nSPS) is 20.7. The Morgan fingerprint density at radius 2 is 1.94 bits per heavy atom. The van der Waals surface area contributed by atoms with Crippen molar-refractivity contribution < 1.29 is 14.3 Å². The summed E-state index contributed by atoms with van der Waals surface area (Å²) in [6.45, 7) is 5.44. The van der Waals surface area contributed by atoms with E-state index in [1.54, 1.807) is 22.8 Å². The number of hydrogen-bond donors (Lipinski definition) is 0. The fourth-order valence-corrected chi connectivity index (χ4v) is 6.12. The molecule has 7 nitrogen and oxygen atoms in total. The Labute approximate surface area is 198 Å². The molecule has 0 radical (unpaired) electrons. The van der Waals surface area contributed by atoms with Gasteiger partial charge in [0.05, 0.1) is 29.3 Å².